The molecule has 11 nitrogen and oxygen atoms in total. The molecular weight excluding hydrogens is 721 g/mol. The van der Waals surface area contributed by atoms with Crippen LogP contribution < -0.4 is 26.0 Å². The van der Waals surface area contributed by atoms with Gasteiger partial charge in [-0.05, 0) is 71.2 Å². The summed E-state index contributed by atoms with van der Waals surface area (Å²) in [7, 11) is 0. The van der Waals surface area contributed by atoms with Gasteiger partial charge >= 0.3 is 5.97 Å². The number of carboxylic acid groups (broad SMARTS) is 1. The second-order valence-corrected chi connectivity index (χ2v) is 14.1. The standard InChI is InChI=1S/C46H46N4O7/c51-42-30-57-37-24-18-34(19-25-37)29-41(46(55)56)50-44(53)39(27-21-32-12-6-2-7-13-32)48-45(54)40(28-33-16-22-36(23-17-33)35-14-8-3-9-15-35)49-43(52)38(47-42)26-20-31-10-4-1-5-11-31/h1-19,22-25,38-41H,20-21,26-30H2,(H,47,51)(H,48,54)(H,49,52)(H,50,53)(H,55,56)/t38-,39-,40+,41+/m1/s1. The third-order valence-electron chi connectivity index (χ3n) is 9.90. The Morgan fingerprint density at radius 2 is 1.04 bits per heavy atom. The first-order chi connectivity index (χ1) is 27.7. The number of carbonyl (C=O) groups excluding carboxylic acids is 4. The van der Waals surface area contributed by atoms with Crippen LogP contribution in [0.5, 0.6) is 5.75 Å². The maximum atomic E-state index is 14.4. The van der Waals surface area contributed by atoms with Gasteiger partial charge in [-0.1, -0.05) is 127 Å². The van der Waals surface area contributed by atoms with Crippen molar-refractivity contribution in [3.8, 4) is 16.9 Å². The van der Waals surface area contributed by atoms with Crippen molar-refractivity contribution in [3.63, 3.8) is 0 Å². The third kappa shape index (κ3) is 11.9. The number of carbonyl (C=O) groups is 5. The monoisotopic (exact) mass is 766 g/mol. The zero-order valence-corrected chi connectivity index (χ0v) is 31.4. The SMILES string of the molecule is O=C1COc2ccc(cc2)C[C@@H](C(=O)O)NC(=O)[C@@H](CCc2ccccc2)NC(=O)[C@H](Cc2ccc(-c3ccccc3)cc2)NC(=O)[C@@H](CCc2ccccc2)N1. The summed E-state index contributed by atoms with van der Waals surface area (Å²) in [5, 5.41) is 21.3. The highest BCUT2D eigenvalue weighted by Gasteiger charge is 2.32. The van der Waals surface area contributed by atoms with Gasteiger partial charge in [0.2, 0.25) is 17.7 Å². The normalized spacial score (nSPS) is 19.4. The Bertz CT molecular complexity index is 2110. The molecule has 0 saturated heterocycles. The minimum Gasteiger partial charge on any atom is -0.484 e. The lowest BCUT2D eigenvalue weighted by Gasteiger charge is -2.26. The van der Waals surface area contributed by atoms with Crippen molar-refractivity contribution >= 4 is 29.6 Å². The van der Waals surface area contributed by atoms with Crippen molar-refractivity contribution in [2.24, 2.45) is 0 Å². The van der Waals surface area contributed by atoms with Crippen LogP contribution in [-0.4, -0.2) is 65.5 Å². The van der Waals surface area contributed by atoms with Crippen LogP contribution in [0.25, 0.3) is 11.1 Å². The second-order valence-electron chi connectivity index (χ2n) is 14.1. The number of rotatable bonds is 10. The van der Waals surface area contributed by atoms with Crippen LogP contribution in [0.3, 0.4) is 0 Å². The van der Waals surface area contributed by atoms with Crippen LogP contribution in [0.15, 0.2) is 140 Å². The summed E-state index contributed by atoms with van der Waals surface area (Å²) in [6, 6.07) is 38.3. The number of carboxylic acids is 1. The van der Waals surface area contributed by atoms with Crippen LogP contribution in [-0.2, 0) is 49.7 Å². The Balaban J connectivity index is 1.32. The minimum absolute atomic E-state index is 0.0397. The van der Waals surface area contributed by atoms with Crippen LogP contribution in [0.2, 0.25) is 0 Å². The predicted octanol–water partition coefficient (Wildman–Crippen LogP) is 4.82. The molecule has 5 N–H and O–H groups in total. The largest absolute Gasteiger partial charge is 0.484 e. The van der Waals surface area contributed by atoms with Crippen molar-refractivity contribution in [1.82, 2.24) is 21.3 Å². The number of amides is 4. The maximum absolute atomic E-state index is 14.4. The Labute approximate surface area is 331 Å². The van der Waals surface area contributed by atoms with E-state index in [2.05, 4.69) is 21.3 Å². The Morgan fingerprint density at radius 1 is 0.544 bits per heavy atom. The third-order valence-corrected chi connectivity index (χ3v) is 9.90. The number of aryl methyl sites for hydroxylation is 2. The van der Waals surface area contributed by atoms with Gasteiger partial charge in [0.05, 0.1) is 0 Å². The zero-order valence-electron chi connectivity index (χ0n) is 31.4. The summed E-state index contributed by atoms with van der Waals surface area (Å²) in [5.41, 5.74) is 5.23. The molecule has 5 aromatic carbocycles. The molecular formula is C46H46N4O7. The zero-order chi connectivity index (χ0) is 40.0. The summed E-state index contributed by atoms with van der Waals surface area (Å²) in [5.74, 6) is -3.31. The van der Waals surface area contributed by atoms with E-state index in [1.807, 2.05) is 115 Å². The second kappa shape index (κ2) is 19.7. The van der Waals surface area contributed by atoms with Gasteiger partial charge in [0, 0.05) is 12.8 Å². The van der Waals surface area contributed by atoms with Gasteiger partial charge in [-0.25, -0.2) is 4.79 Å². The van der Waals surface area contributed by atoms with E-state index in [1.165, 1.54) is 0 Å². The van der Waals surface area contributed by atoms with E-state index in [9.17, 15) is 29.1 Å². The molecule has 0 unspecified atom stereocenters. The van der Waals surface area contributed by atoms with Crippen molar-refractivity contribution in [2.75, 3.05) is 6.61 Å². The molecule has 5 aromatic rings. The summed E-state index contributed by atoms with van der Waals surface area (Å²) >= 11 is 0. The molecule has 57 heavy (non-hydrogen) atoms. The van der Waals surface area contributed by atoms with E-state index in [1.54, 1.807) is 24.3 Å². The fourth-order valence-corrected chi connectivity index (χ4v) is 6.72. The average molecular weight is 767 g/mol. The van der Waals surface area contributed by atoms with Crippen molar-refractivity contribution in [3.05, 3.63) is 162 Å². The van der Waals surface area contributed by atoms with Crippen molar-refractivity contribution < 1.29 is 33.8 Å². The number of aliphatic carboxylic acids is 1. The molecule has 2 bridgehead atoms. The van der Waals surface area contributed by atoms with Crippen LogP contribution >= 0.6 is 0 Å². The summed E-state index contributed by atoms with van der Waals surface area (Å²) in [6.45, 7) is -0.386. The topological polar surface area (TPSA) is 163 Å². The van der Waals surface area contributed by atoms with Crippen LogP contribution in [0.4, 0.5) is 0 Å². The van der Waals surface area contributed by atoms with Crippen molar-refractivity contribution in [2.45, 2.75) is 62.7 Å². The van der Waals surface area contributed by atoms with Gasteiger partial charge < -0.3 is 31.1 Å². The number of hydrogen-bond donors (Lipinski definition) is 5. The quantitative estimate of drug-likeness (QED) is 0.127. The lowest BCUT2D eigenvalue weighted by molar-refractivity contribution is -0.142. The first-order valence-corrected chi connectivity index (χ1v) is 19.1. The smallest absolute Gasteiger partial charge is 0.326 e. The number of hydrogen-bond acceptors (Lipinski definition) is 6. The van der Waals surface area contributed by atoms with Gasteiger partial charge in [0.15, 0.2) is 6.61 Å². The first kappa shape index (κ1) is 39.9. The molecule has 2 heterocycles. The number of fused-ring (bicyclic) bond motifs is 16. The van der Waals surface area contributed by atoms with E-state index in [0.29, 0.717) is 24.2 Å². The molecule has 0 radical (unpaired) electrons. The number of nitrogens with one attached hydrogen (secondary N) is 4. The minimum atomic E-state index is -1.31. The lowest BCUT2D eigenvalue weighted by Crippen LogP contribution is -2.58. The Morgan fingerprint density at radius 3 is 1.61 bits per heavy atom. The molecule has 2 aliphatic rings. The van der Waals surface area contributed by atoms with E-state index in [-0.39, 0.29) is 32.3 Å². The van der Waals surface area contributed by atoms with Gasteiger partial charge in [0.25, 0.3) is 5.91 Å². The molecule has 0 aliphatic carbocycles. The van der Waals surface area contributed by atoms with E-state index in [0.717, 1.165) is 27.8 Å². The Kier molecular flexibility index (Phi) is 13.8. The molecule has 292 valence electrons. The average Bonchev–Trinajstić information content (AvgIpc) is 3.23. The summed E-state index contributed by atoms with van der Waals surface area (Å²) in [4.78, 5) is 68.2. The lowest BCUT2D eigenvalue weighted by atomic mass is 9.98. The molecule has 0 saturated carbocycles. The molecule has 4 atom stereocenters. The highest BCUT2D eigenvalue weighted by molar-refractivity contribution is 5.95. The number of ether oxygens (including phenoxy) is 1. The van der Waals surface area contributed by atoms with Gasteiger partial charge in [-0.2, -0.15) is 0 Å². The molecule has 7 rings (SSSR count). The van der Waals surface area contributed by atoms with Crippen LogP contribution in [0, 0.1) is 0 Å². The van der Waals surface area contributed by atoms with E-state index in [4.69, 9.17) is 4.74 Å². The number of benzene rings is 5. The van der Waals surface area contributed by atoms with Gasteiger partial charge in [-0.3, -0.25) is 19.2 Å². The maximum Gasteiger partial charge on any atom is 0.326 e. The molecule has 0 aromatic heterocycles. The van der Waals surface area contributed by atoms with Crippen molar-refractivity contribution in [1.29, 1.82) is 0 Å². The first-order valence-electron chi connectivity index (χ1n) is 19.1. The fraction of sp³-hybridized carbons (Fsp3) is 0.239. The molecule has 0 spiro atoms. The van der Waals surface area contributed by atoms with Gasteiger partial charge in [-0.15, -0.1) is 0 Å². The molecule has 11 heteroatoms. The molecule has 0 fully saturated rings. The highest BCUT2D eigenvalue weighted by Crippen LogP contribution is 2.20. The summed E-state index contributed by atoms with van der Waals surface area (Å²) < 4.78 is 5.72. The van der Waals surface area contributed by atoms with Crippen LogP contribution in [0.1, 0.15) is 35.1 Å². The fourth-order valence-electron chi connectivity index (χ4n) is 6.72. The highest BCUT2D eigenvalue weighted by atomic mass is 16.5. The molecule has 4 amide bonds. The molecule has 2 aliphatic heterocycles. The summed E-state index contributed by atoms with van der Waals surface area (Å²) in [6.07, 6.45) is 1.28. The predicted molar refractivity (Wildman–Crippen MR) is 216 cm³/mol. The van der Waals surface area contributed by atoms with E-state index < -0.39 is 53.8 Å². The van der Waals surface area contributed by atoms with Gasteiger partial charge in [0.1, 0.15) is 29.9 Å². The Hall–Kier alpha value is -6.75. The van der Waals surface area contributed by atoms with E-state index >= 15 is 0 Å².